The van der Waals surface area contributed by atoms with E-state index in [1.165, 1.54) is 14.2 Å². The molecule has 0 bridgehead atoms. The molecule has 3 aromatic rings. The molecule has 1 N–H and O–H groups in total. The standard InChI is InChI=1S/C50H61N5O12/c1-33-12-17-39-44(25-33)64-23-24-65-45-28-38(50-36-15-13-34(52(2)3)26-42(36)67-43-27-35(53(4)5)14-16-37(43)50)41(66-32-46(56)51-18-10-8-9-11-47(57)58)29-40(45)55(31-49(60)62-7)20-22-63-21-19-54(39)30-48(59)61-6/h12-17,25-29H,8-11,18-24,30-32H2,1-7H3,(H-,51,56,57,58). The Labute approximate surface area is 390 Å². The molecule has 17 heteroatoms. The van der Waals surface area contributed by atoms with E-state index in [1.807, 2.05) is 110 Å². The quantitative estimate of drug-likeness (QED) is 0.0691. The van der Waals surface area contributed by atoms with E-state index in [9.17, 15) is 24.3 Å². The van der Waals surface area contributed by atoms with Crippen molar-refractivity contribution in [2.75, 3.05) is 123 Å². The summed E-state index contributed by atoms with van der Waals surface area (Å²) < 4.78 is 44.6. The van der Waals surface area contributed by atoms with E-state index < -0.39 is 17.9 Å². The summed E-state index contributed by atoms with van der Waals surface area (Å²) in [5, 5.41) is 15.4. The van der Waals surface area contributed by atoms with Crippen LogP contribution < -0.4 is 49.3 Å². The number of ether oxygens (including phenoxy) is 6. The third kappa shape index (κ3) is 13.1. The van der Waals surface area contributed by atoms with Crippen LogP contribution in [0.4, 0.5) is 17.1 Å². The van der Waals surface area contributed by atoms with Gasteiger partial charge in [-0.2, -0.15) is 0 Å². The van der Waals surface area contributed by atoms with Crippen molar-refractivity contribution in [3.63, 3.8) is 0 Å². The van der Waals surface area contributed by atoms with Gasteiger partial charge in [0.2, 0.25) is 5.36 Å². The Kier molecular flexibility index (Phi) is 17.3. The second-order valence-corrected chi connectivity index (χ2v) is 16.5. The van der Waals surface area contributed by atoms with Gasteiger partial charge in [0.25, 0.3) is 5.91 Å². The fourth-order valence-corrected chi connectivity index (χ4v) is 7.70. The Morgan fingerprint density at radius 1 is 0.776 bits per heavy atom. The maximum absolute atomic E-state index is 13.4. The Bertz CT molecular complexity index is 2590. The number of unbranched alkanes of at least 4 members (excludes halogenated alkanes) is 2. The molecule has 1 amide bonds. The van der Waals surface area contributed by atoms with Crippen LogP contribution in [0.2, 0.25) is 0 Å². The third-order valence-electron chi connectivity index (χ3n) is 11.3. The number of hydrogen-bond acceptors (Lipinski definition) is 15. The van der Waals surface area contributed by atoms with Gasteiger partial charge in [0, 0.05) is 85.7 Å². The predicted octanol–water partition coefficient (Wildman–Crippen LogP) is 3.86. The number of carboxylic acids is 1. The first kappa shape index (κ1) is 49.4. The lowest BCUT2D eigenvalue weighted by atomic mass is 9.92. The van der Waals surface area contributed by atoms with Crippen LogP contribution in [0.5, 0.6) is 17.2 Å². The number of methoxy groups -OCH3 is 2. The third-order valence-corrected chi connectivity index (χ3v) is 11.3. The molecular weight excluding hydrogens is 863 g/mol. The number of aliphatic carboxylic acids is 1. The number of carboxylic acid groups (broad SMARTS) is 1. The number of amides is 1. The summed E-state index contributed by atoms with van der Waals surface area (Å²) in [6.45, 7) is 2.82. The first-order valence-corrected chi connectivity index (χ1v) is 22.3. The van der Waals surface area contributed by atoms with Crippen LogP contribution in [0.15, 0.2) is 71.1 Å². The van der Waals surface area contributed by atoms with Gasteiger partial charge in [-0.1, -0.05) is 12.5 Å². The number of fused-ring (bicyclic) bond motifs is 4. The van der Waals surface area contributed by atoms with Crippen LogP contribution in [0.1, 0.15) is 31.2 Å². The summed E-state index contributed by atoms with van der Waals surface area (Å²) in [5.41, 5.74) is 5.76. The SMILES string of the molecule is COC(=O)CN1CCOCCN(CC(=O)OC)c2cc(OCC(=O)NCCCCCC(=O)[O-])c(-c3c4ccc(=[N+](C)C)cc-4oc4cc(N(C)C)ccc34)cc2OCCOc2cc(C)ccc21. The van der Waals surface area contributed by atoms with Gasteiger partial charge in [-0.25, -0.2) is 4.58 Å². The van der Waals surface area contributed by atoms with Gasteiger partial charge in [0.1, 0.15) is 69.0 Å². The highest BCUT2D eigenvalue weighted by molar-refractivity contribution is 6.04. The van der Waals surface area contributed by atoms with E-state index in [-0.39, 0.29) is 65.0 Å². The smallest absolute Gasteiger partial charge is 0.325 e. The molecule has 0 aromatic heterocycles. The lowest BCUT2D eigenvalue weighted by Gasteiger charge is -2.28. The molecule has 0 saturated carbocycles. The maximum Gasteiger partial charge on any atom is 0.325 e. The lowest BCUT2D eigenvalue weighted by molar-refractivity contribution is -0.305. The zero-order valence-corrected chi connectivity index (χ0v) is 39.4. The maximum atomic E-state index is 13.4. The molecular formula is C50H61N5O12. The topological polar surface area (TPSA) is 185 Å². The zero-order chi connectivity index (χ0) is 48.0. The molecule has 1 aliphatic carbocycles. The summed E-state index contributed by atoms with van der Waals surface area (Å²) in [6.07, 6.45) is 1.60. The Hall–Kier alpha value is -7.01. The van der Waals surface area contributed by atoms with E-state index in [0.29, 0.717) is 77.9 Å². The number of nitrogens with one attached hydrogen (secondary N) is 1. The van der Waals surface area contributed by atoms with Crippen molar-refractivity contribution >= 4 is 51.8 Å². The minimum absolute atomic E-state index is 0.0347. The average Bonchev–Trinajstić information content (AvgIpc) is 3.31. The monoisotopic (exact) mass is 923 g/mol. The van der Waals surface area contributed by atoms with Gasteiger partial charge >= 0.3 is 11.9 Å². The number of hydrogen-bond donors (Lipinski definition) is 1. The Balaban J connectivity index is 1.50. The van der Waals surface area contributed by atoms with Gasteiger partial charge in [0.15, 0.2) is 6.61 Å². The van der Waals surface area contributed by atoms with E-state index in [2.05, 4.69) is 5.32 Å². The second-order valence-electron chi connectivity index (χ2n) is 16.5. The Morgan fingerprint density at radius 2 is 1.46 bits per heavy atom. The molecule has 358 valence electrons. The zero-order valence-electron chi connectivity index (χ0n) is 39.4. The summed E-state index contributed by atoms with van der Waals surface area (Å²) in [4.78, 5) is 55.6. The van der Waals surface area contributed by atoms with Crippen LogP contribution in [-0.2, 0) is 33.4 Å². The summed E-state index contributed by atoms with van der Waals surface area (Å²) in [7, 11) is 10.5. The minimum atomic E-state index is -1.10. The number of aryl methyl sites for hydroxylation is 1. The van der Waals surface area contributed by atoms with Crippen molar-refractivity contribution < 1.29 is 57.1 Å². The number of carbonyl (C=O) groups is 4. The van der Waals surface area contributed by atoms with E-state index >= 15 is 0 Å². The predicted molar refractivity (Wildman–Crippen MR) is 253 cm³/mol. The molecule has 0 spiro atoms. The fourth-order valence-electron chi connectivity index (χ4n) is 7.70. The Morgan fingerprint density at radius 3 is 2.12 bits per heavy atom. The molecule has 3 aromatic carbocycles. The van der Waals surface area contributed by atoms with Crippen LogP contribution in [0.25, 0.3) is 33.4 Å². The highest BCUT2D eigenvalue weighted by atomic mass is 16.5. The first-order valence-electron chi connectivity index (χ1n) is 22.3. The molecule has 0 atom stereocenters. The normalized spacial score (nSPS) is 13.2. The number of anilines is 3. The average molecular weight is 924 g/mol. The van der Waals surface area contributed by atoms with Crippen molar-refractivity contribution in [2.45, 2.75) is 32.6 Å². The van der Waals surface area contributed by atoms with Crippen molar-refractivity contribution in [3.05, 3.63) is 77.7 Å². The number of nitrogens with zero attached hydrogens (tertiary/aromatic N) is 4. The molecule has 0 unspecified atom stereocenters. The number of rotatable bonds is 15. The molecule has 3 aliphatic rings. The molecule has 0 fully saturated rings. The number of esters is 2. The van der Waals surface area contributed by atoms with Crippen LogP contribution in [0.3, 0.4) is 0 Å². The first-order chi connectivity index (χ1) is 32.3. The molecule has 17 nitrogen and oxygen atoms in total. The van der Waals surface area contributed by atoms with Gasteiger partial charge in [-0.05, 0) is 68.1 Å². The van der Waals surface area contributed by atoms with Gasteiger partial charge in [-0.15, -0.1) is 0 Å². The van der Waals surface area contributed by atoms with Crippen molar-refractivity contribution in [1.29, 1.82) is 0 Å². The largest absolute Gasteiger partial charge is 0.550 e. The van der Waals surface area contributed by atoms with Gasteiger partial charge in [-0.3, -0.25) is 14.4 Å². The summed E-state index contributed by atoms with van der Waals surface area (Å²) >= 11 is 0. The number of benzene rings is 4. The highest BCUT2D eigenvalue weighted by Crippen LogP contribution is 2.48. The molecule has 0 saturated heterocycles. The molecule has 67 heavy (non-hydrogen) atoms. The van der Waals surface area contributed by atoms with E-state index in [0.717, 1.165) is 33.1 Å². The van der Waals surface area contributed by atoms with Crippen molar-refractivity contribution in [1.82, 2.24) is 9.89 Å². The van der Waals surface area contributed by atoms with Crippen LogP contribution in [0, 0.1) is 6.92 Å². The van der Waals surface area contributed by atoms with E-state index in [4.69, 9.17) is 32.8 Å². The summed E-state index contributed by atoms with van der Waals surface area (Å²) in [5.74, 6) is -0.547. The molecule has 6 rings (SSSR count). The minimum Gasteiger partial charge on any atom is -0.550 e. The molecule has 2 aliphatic heterocycles. The van der Waals surface area contributed by atoms with Gasteiger partial charge in [0.05, 0.1) is 44.9 Å². The highest BCUT2D eigenvalue weighted by Gasteiger charge is 2.27. The van der Waals surface area contributed by atoms with Crippen LogP contribution >= 0.6 is 0 Å². The fraction of sp³-hybridized carbons (Fsp3) is 0.420. The lowest BCUT2D eigenvalue weighted by Crippen LogP contribution is -2.36. The molecule has 2 heterocycles. The van der Waals surface area contributed by atoms with Gasteiger partial charge < -0.3 is 62.8 Å². The van der Waals surface area contributed by atoms with Crippen LogP contribution in [-0.4, -0.2) is 132 Å². The van der Waals surface area contributed by atoms with Crippen molar-refractivity contribution in [2.24, 2.45) is 0 Å². The number of carbonyl (C=O) groups excluding carboxylic acids is 4. The second kappa shape index (κ2) is 23.4. The summed E-state index contributed by atoms with van der Waals surface area (Å²) in [6, 6.07) is 21.3. The van der Waals surface area contributed by atoms with Crippen molar-refractivity contribution in [3.8, 4) is 39.7 Å². The molecule has 0 radical (unpaired) electrons. The van der Waals surface area contributed by atoms with E-state index in [1.54, 1.807) is 11.0 Å².